The number of rotatable bonds is 3. The molecule has 4 N–H and O–H groups in total. The third kappa shape index (κ3) is 2.71. The van der Waals surface area contributed by atoms with Crippen LogP contribution < -0.4 is 11.0 Å². The van der Waals surface area contributed by atoms with Crippen molar-refractivity contribution in [1.29, 1.82) is 0 Å². The van der Waals surface area contributed by atoms with Gasteiger partial charge in [-0.1, -0.05) is 0 Å². The van der Waals surface area contributed by atoms with E-state index >= 15 is 0 Å². The van der Waals surface area contributed by atoms with Crippen LogP contribution in [-0.4, -0.2) is 27.0 Å². The van der Waals surface area contributed by atoms with Crippen molar-refractivity contribution in [3.63, 3.8) is 0 Å². The molecule has 1 aromatic heterocycles. The number of aromatic amines is 2. The van der Waals surface area contributed by atoms with E-state index in [1.54, 1.807) is 6.92 Å². The first-order chi connectivity index (χ1) is 8.97. The number of hydrogen-bond acceptors (Lipinski definition) is 3. The molecule has 0 saturated heterocycles. The average Bonchev–Trinajstić information content (AvgIpc) is 2.78. The molecule has 7 nitrogen and oxygen atoms in total. The summed E-state index contributed by atoms with van der Waals surface area (Å²) in [5.41, 5.74) is 0.878. The van der Waals surface area contributed by atoms with Crippen molar-refractivity contribution in [3.8, 4) is 0 Å². The molecule has 0 aliphatic carbocycles. The minimum atomic E-state index is -1.03. The highest BCUT2D eigenvalue weighted by Crippen LogP contribution is 2.17. The fraction of sp³-hybridized carbons (Fsp3) is 0.0833. The number of benzene rings is 1. The van der Waals surface area contributed by atoms with Crippen LogP contribution >= 0.6 is 0 Å². The third-order valence-corrected chi connectivity index (χ3v) is 2.56. The number of anilines is 1. The van der Waals surface area contributed by atoms with E-state index in [9.17, 15) is 14.4 Å². The van der Waals surface area contributed by atoms with Gasteiger partial charge in [-0.2, -0.15) is 0 Å². The second-order valence-corrected chi connectivity index (χ2v) is 3.95. The summed E-state index contributed by atoms with van der Waals surface area (Å²) in [5.74, 6) is -1.51. The van der Waals surface area contributed by atoms with E-state index < -0.39 is 17.6 Å². The Balaban J connectivity index is 2.22. The fourth-order valence-electron chi connectivity index (χ4n) is 1.58. The maximum atomic E-state index is 11.8. The molecule has 0 bridgehead atoms. The van der Waals surface area contributed by atoms with E-state index in [2.05, 4.69) is 15.3 Å². The van der Waals surface area contributed by atoms with E-state index in [0.717, 1.165) is 0 Å². The van der Waals surface area contributed by atoms with Crippen LogP contribution in [0.15, 0.2) is 29.2 Å². The molecule has 2 aromatic rings. The summed E-state index contributed by atoms with van der Waals surface area (Å²) in [7, 11) is 0. The number of amides is 1. The lowest BCUT2D eigenvalue weighted by Gasteiger charge is -2.07. The van der Waals surface area contributed by atoms with Gasteiger partial charge in [0.2, 0.25) is 0 Å². The maximum absolute atomic E-state index is 11.8. The molecule has 1 amide bonds. The molecule has 0 unspecified atom stereocenters. The maximum Gasteiger partial charge on any atom is 0.335 e. The van der Waals surface area contributed by atoms with E-state index in [1.807, 2.05) is 0 Å². The van der Waals surface area contributed by atoms with Crippen LogP contribution in [0.1, 0.15) is 26.4 Å². The van der Waals surface area contributed by atoms with Crippen LogP contribution in [0, 0.1) is 6.92 Å². The Morgan fingerprint density at radius 3 is 2.58 bits per heavy atom. The predicted molar refractivity (Wildman–Crippen MR) is 67.5 cm³/mol. The summed E-state index contributed by atoms with van der Waals surface area (Å²) >= 11 is 0. The first-order valence-electron chi connectivity index (χ1n) is 5.40. The Bertz CT molecular complexity index is 699. The topological polar surface area (TPSA) is 115 Å². The predicted octanol–water partition coefficient (Wildman–Crippen LogP) is 0.962. The first-order valence-corrected chi connectivity index (χ1v) is 5.40. The lowest BCUT2D eigenvalue weighted by atomic mass is 10.1. The van der Waals surface area contributed by atoms with Crippen molar-refractivity contribution in [2.75, 3.05) is 5.32 Å². The van der Waals surface area contributed by atoms with Crippen molar-refractivity contribution >= 4 is 17.6 Å². The Morgan fingerprint density at radius 2 is 2.05 bits per heavy atom. The first kappa shape index (κ1) is 12.6. The van der Waals surface area contributed by atoms with Gasteiger partial charge in [0, 0.05) is 11.9 Å². The standard InChI is InChI=1S/C12H11N3O4/c1-6-4-7(11(17)18)2-3-8(6)14-10(16)9-5-13-12(19)15-9/h2-5H,1H3,(H,14,16)(H,17,18)(H2,13,15,19). The zero-order valence-electron chi connectivity index (χ0n) is 9.98. The Kier molecular flexibility index (Phi) is 3.19. The number of hydrogen-bond donors (Lipinski definition) is 4. The second-order valence-electron chi connectivity index (χ2n) is 3.95. The summed E-state index contributed by atoms with van der Waals surface area (Å²) in [5, 5.41) is 11.4. The number of imidazole rings is 1. The minimum Gasteiger partial charge on any atom is -0.478 e. The van der Waals surface area contributed by atoms with Crippen molar-refractivity contribution in [2.24, 2.45) is 0 Å². The highest BCUT2D eigenvalue weighted by atomic mass is 16.4. The van der Waals surface area contributed by atoms with Gasteiger partial charge in [-0.25, -0.2) is 9.59 Å². The SMILES string of the molecule is Cc1cc(C(=O)O)ccc1NC(=O)c1c[nH]c(=O)[nH]1. The normalized spacial score (nSPS) is 10.2. The molecule has 98 valence electrons. The lowest BCUT2D eigenvalue weighted by Crippen LogP contribution is -2.15. The van der Waals surface area contributed by atoms with Crippen molar-refractivity contribution in [1.82, 2.24) is 9.97 Å². The number of aromatic carboxylic acids is 1. The number of carboxylic acids is 1. The Hall–Kier alpha value is -2.83. The quantitative estimate of drug-likeness (QED) is 0.658. The van der Waals surface area contributed by atoms with Gasteiger partial charge >= 0.3 is 11.7 Å². The molecule has 0 aliphatic rings. The van der Waals surface area contributed by atoms with E-state index in [0.29, 0.717) is 11.3 Å². The zero-order chi connectivity index (χ0) is 14.0. The molecule has 0 aliphatic heterocycles. The molecule has 2 rings (SSSR count). The highest BCUT2D eigenvalue weighted by molar-refractivity contribution is 6.03. The van der Waals surface area contributed by atoms with Gasteiger partial charge in [0.05, 0.1) is 5.56 Å². The van der Waals surface area contributed by atoms with Crippen LogP contribution in [0.4, 0.5) is 5.69 Å². The second kappa shape index (κ2) is 4.81. The molecule has 0 atom stereocenters. The molecular weight excluding hydrogens is 250 g/mol. The van der Waals surface area contributed by atoms with Crippen LogP contribution in [0.5, 0.6) is 0 Å². The van der Waals surface area contributed by atoms with Gasteiger partial charge in [-0.05, 0) is 30.7 Å². The summed E-state index contributed by atoms with van der Waals surface area (Å²) in [6.07, 6.45) is 1.26. The minimum absolute atomic E-state index is 0.103. The van der Waals surface area contributed by atoms with Crippen molar-refractivity contribution in [3.05, 3.63) is 51.7 Å². The monoisotopic (exact) mass is 261 g/mol. The van der Waals surface area contributed by atoms with Gasteiger partial charge in [-0.15, -0.1) is 0 Å². The van der Waals surface area contributed by atoms with Gasteiger partial charge in [-0.3, -0.25) is 4.79 Å². The third-order valence-electron chi connectivity index (χ3n) is 2.56. The van der Waals surface area contributed by atoms with Crippen LogP contribution in [0.3, 0.4) is 0 Å². The molecule has 0 radical (unpaired) electrons. The number of H-pyrrole nitrogens is 2. The Morgan fingerprint density at radius 1 is 1.32 bits per heavy atom. The molecule has 0 saturated carbocycles. The smallest absolute Gasteiger partial charge is 0.335 e. The number of aryl methyl sites for hydroxylation is 1. The van der Waals surface area contributed by atoms with Crippen molar-refractivity contribution < 1.29 is 14.7 Å². The molecular formula is C12H11N3O4. The lowest BCUT2D eigenvalue weighted by molar-refractivity contribution is 0.0696. The highest BCUT2D eigenvalue weighted by Gasteiger charge is 2.11. The van der Waals surface area contributed by atoms with Gasteiger partial charge in [0.1, 0.15) is 5.69 Å². The molecule has 19 heavy (non-hydrogen) atoms. The molecule has 0 fully saturated rings. The largest absolute Gasteiger partial charge is 0.478 e. The van der Waals surface area contributed by atoms with E-state index in [4.69, 9.17) is 5.11 Å². The number of carbonyl (C=O) groups excluding carboxylic acids is 1. The van der Waals surface area contributed by atoms with E-state index in [1.165, 1.54) is 24.4 Å². The number of carbonyl (C=O) groups is 2. The van der Waals surface area contributed by atoms with Gasteiger partial charge < -0.3 is 20.4 Å². The van der Waals surface area contributed by atoms with Crippen LogP contribution in [-0.2, 0) is 0 Å². The summed E-state index contributed by atoms with van der Waals surface area (Å²) in [4.78, 5) is 38.1. The molecule has 7 heteroatoms. The number of aromatic nitrogens is 2. The summed E-state index contributed by atoms with van der Waals surface area (Å²) < 4.78 is 0. The average molecular weight is 261 g/mol. The van der Waals surface area contributed by atoms with E-state index in [-0.39, 0.29) is 11.3 Å². The zero-order valence-corrected chi connectivity index (χ0v) is 9.98. The van der Waals surface area contributed by atoms with Gasteiger partial charge in [0.25, 0.3) is 5.91 Å². The van der Waals surface area contributed by atoms with Crippen LogP contribution in [0.25, 0.3) is 0 Å². The van der Waals surface area contributed by atoms with Crippen molar-refractivity contribution in [2.45, 2.75) is 6.92 Å². The van der Waals surface area contributed by atoms with Gasteiger partial charge in [0.15, 0.2) is 0 Å². The number of carboxylic acid groups (broad SMARTS) is 1. The number of nitrogens with one attached hydrogen (secondary N) is 3. The Labute approximate surface area is 107 Å². The summed E-state index contributed by atoms with van der Waals surface area (Å²) in [6, 6.07) is 4.35. The molecule has 1 heterocycles. The molecule has 0 spiro atoms. The van der Waals surface area contributed by atoms with Crippen LogP contribution in [0.2, 0.25) is 0 Å². The molecule has 1 aromatic carbocycles. The fourth-order valence-corrected chi connectivity index (χ4v) is 1.58. The summed E-state index contributed by atoms with van der Waals surface area (Å²) in [6.45, 7) is 1.68.